The summed E-state index contributed by atoms with van der Waals surface area (Å²) < 4.78 is 0. The Morgan fingerprint density at radius 2 is 1.93 bits per heavy atom. The van der Waals surface area contributed by atoms with Gasteiger partial charge < -0.3 is 25.2 Å². The quantitative estimate of drug-likeness (QED) is 0.408. The van der Waals surface area contributed by atoms with Gasteiger partial charge in [-0.25, -0.2) is 0 Å². The van der Waals surface area contributed by atoms with Crippen molar-refractivity contribution in [2.75, 3.05) is 5.32 Å². The number of pyridine rings is 1. The van der Waals surface area contributed by atoms with Crippen LogP contribution in [0.15, 0.2) is 54.4 Å². The average molecular weight is 415 g/mol. The van der Waals surface area contributed by atoms with Crippen molar-refractivity contribution in [2.24, 2.45) is 5.92 Å². The summed E-state index contributed by atoms with van der Waals surface area (Å²) >= 11 is 0. The summed E-state index contributed by atoms with van der Waals surface area (Å²) in [5.74, 6) is -2.80. The number of carboxylic acid groups (broad SMARTS) is 1. The Balaban J connectivity index is 0.00000256. The van der Waals surface area contributed by atoms with Crippen LogP contribution in [0.1, 0.15) is 29.4 Å². The molecule has 0 spiro atoms. The number of carboxylic acids is 1. The fourth-order valence-electron chi connectivity index (χ4n) is 3.96. The molecule has 0 radical (unpaired) electrons. The molecule has 4 rings (SSSR count). The molecule has 1 aromatic carbocycles. The summed E-state index contributed by atoms with van der Waals surface area (Å²) in [5, 5.41) is 24.2. The van der Waals surface area contributed by atoms with Gasteiger partial charge in [-0.2, -0.15) is 0 Å². The van der Waals surface area contributed by atoms with Crippen molar-refractivity contribution < 1.29 is 54.2 Å². The Bertz CT molecular complexity index is 1020. The average Bonchev–Trinajstić information content (AvgIpc) is 3.04. The second-order valence-corrected chi connectivity index (χ2v) is 7.11. The number of fused-ring (bicyclic) bond motifs is 1. The first kappa shape index (κ1) is 22.2. The SMILES string of the molecule is C[C@@H](O)[C@H]1C(=O)N2C(C(=O)[O-])=C(c3ccc(NC(=O)c4ccccn4)cc3)C[C@H]12.[Na+]. The number of anilines is 1. The van der Waals surface area contributed by atoms with Crippen molar-refractivity contribution in [1.29, 1.82) is 0 Å². The zero-order valence-electron chi connectivity index (χ0n) is 16.5. The van der Waals surface area contributed by atoms with E-state index in [4.69, 9.17) is 0 Å². The Labute approximate surface area is 194 Å². The summed E-state index contributed by atoms with van der Waals surface area (Å²) in [5.41, 5.74) is 1.75. The van der Waals surface area contributed by atoms with E-state index in [0.29, 0.717) is 23.2 Å². The second-order valence-electron chi connectivity index (χ2n) is 7.11. The fraction of sp³-hybridized carbons (Fsp3) is 0.238. The number of amides is 2. The van der Waals surface area contributed by atoms with Crippen LogP contribution in [-0.4, -0.2) is 44.9 Å². The molecule has 1 saturated heterocycles. The maximum atomic E-state index is 12.3. The molecule has 2 N–H and O–H groups in total. The van der Waals surface area contributed by atoms with Crippen LogP contribution in [0.5, 0.6) is 0 Å². The molecule has 0 unspecified atom stereocenters. The summed E-state index contributed by atoms with van der Waals surface area (Å²) in [6.07, 6.45) is 0.997. The topological polar surface area (TPSA) is 123 Å². The number of aromatic nitrogens is 1. The predicted molar refractivity (Wildman–Crippen MR) is 101 cm³/mol. The molecule has 9 heteroatoms. The van der Waals surface area contributed by atoms with Crippen LogP contribution in [0.25, 0.3) is 5.57 Å². The van der Waals surface area contributed by atoms with E-state index < -0.39 is 23.9 Å². The summed E-state index contributed by atoms with van der Waals surface area (Å²) in [7, 11) is 0. The van der Waals surface area contributed by atoms with Gasteiger partial charge in [0.25, 0.3) is 5.91 Å². The number of β-lactam (4-membered cyclic amide) rings is 1. The second kappa shape index (κ2) is 8.69. The minimum atomic E-state index is -1.42. The summed E-state index contributed by atoms with van der Waals surface area (Å²) in [6, 6.07) is 11.3. The van der Waals surface area contributed by atoms with Gasteiger partial charge >= 0.3 is 29.6 Å². The van der Waals surface area contributed by atoms with Gasteiger partial charge in [0.05, 0.1) is 29.7 Å². The van der Waals surface area contributed by atoms with Crippen molar-refractivity contribution in [1.82, 2.24) is 9.88 Å². The Kier molecular flexibility index (Phi) is 6.42. The van der Waals surface area contributed by atoms with Crippen LogP contribution >= 0.6 is 0 Å². The number of aliphatic hydroxyl groups is 1. The number of rotatable bonds is 5. The molecule has 0 saturated carbocycles. The van der Waals surface area contributed by atoms with Crippen LogP contribution < -0.4 is 40.0 Å². The third-order valence-corrected chi connectivity index (χ3v) is 5.31. The normalized spacial score (nSPS) is 20.7. The molecule has 1 fully saturated rings. The number of hydrogen-bond acceptors (Lipinski definition) is 6. The molecule has 148 valence electrons. The van der Waals surface area contributed by atoms with Gasteiger partial charge in [0.15, 0.2) is 0 Å². The van der Waals surface area contributed by atoms with Gasteiger partial charge in [-0.1, -0.05) is 18.2 Å². The number of nitrogens with zero attached hydrogens (tertiary/aromatic N) is 2. The predicted octanol–water partition coefficient (Wildman–Crippen LogP) is -2.59. The number of nitrogens with one attached hydrogen (secondary N) is 1. The standard InChI is InChI=1S/C21H19N3O5.Na/c1-11(25)17-16-10-14(18(21(28)29)24(16)20(17)27)12-5-7-13(8-6-12)23-19(26)15-4-2-3-9-22-15;/h2-9,11,16-17,25H,10H2,1H3,(H,23,26)(H,28,29);/q;+1/p-1/t11-,16-,17-;/m1./s1. The molecule has 8 nitrogen and oxygen atoms in total. The largest absolute Gasteiger partial charge is 1.00 e. The molecule has 2 aliphatic heterocycles. The molecule has 0 bridgehead atoms. The Morgan fingerprint density at radius 1 is 1.23 bits per heavy atom. The first-order valence-corrected chi connectivity index (χ1v) is 9.17. The van der Waals surface area contributed by atoms with E-state index in [1.165, 1.54) is 18.0 Å². The van der Waals surface area contributed by atoms with Crippen molar-refractivity contribution >= 4 is 29.0 Å². The number of aliphatic carboxylic acids is 1. The van der Waals surface area contributed by atoms with Gasteiger partial charge in [0.1, 0.15) is 5.69 Å². The summed E-state index contributed by atoms with van der Waals surface area (Å²) in [6.45, 7) is 1.52. The van der Waals surface area contributed by atoms with E-state index >= 15 is 0 Å². The minimum Gasteiger partial charge on any atom is -0.543 e. The summed E-state index contributed by atoms with van der Waals surface area (Å²) in [4.78, 5) is 41.3. The van der Waals surface area contributed by atoms with Gasteiger partial charge in [-0.15, -0.1) is 0 Å². The van der Waals surface area contributed by atoms with E-state index in [2.05, 4.69) is 10.3 Å². The van der Waals surface area contributed by atoms with E-state index in [-0.39, 0.29) is 52.9 Å². The minimum absolute atomic E-state index is 0. The Hall–Kier alpha value is -2.52. The van der Waals surface area contributed by atoms with Gasteiger partial charge in [0.2, 0.25) is 5.91 Å². The van der Waals surface area contributed by atoms with Crippen molar-refractivity contribution in [3.63, 3.8) is 0 Å². The molecule has 2 aliphatic rings. The zero-order chi connectivity index (χ0) is 20.7. The number of aliphatic hydroxyl groups excluding tert-OH is 1. The number of benzene rings is 1. The van der Waals surface area contributed by atoms with E-state index in [9.17, 15) is 24.6 Å². The van der Waals surface area contributed by atoms with Gasteiger partial charge in [0, 0.05) is 11.9 Å². The monoisotopic (exact) mass is 415 g/mol. The molecule has 0 aliphatic carbocycles. The molecule has 2 aromatic rings. The molecular formula is C21H18N3NaO5. The molecule has 3 heterocycles. The molecule has 3 atom stereocenters. The zero-order valence-corrected chi connectivity index (χ0v) is 18.5. The van der Waals surface area contributed by atoms with Crippen molar-refractivity contribution in [3.8, 4) is 0 Å². The first-order chi connectivity index (χ1) is 13.9. The fourth-order valence-corrected chi connectivity index (χ4v) is 3.96. The van der Waals surface area contributed by atoms with E-state index in [0.717, 1.165) is 0 Å². The van der Waals surface area contributed by atoms with E-state index in [1.807, 2.05) is 0 Å². The van der Waals surface area contributed by atoms with Crippen molar-refractivity contribution in [3.05, 3.63) is 65.6 Å². The maximum absolute atomic E-state index is 12.3. The van der Waals surface area contributed by atoms with Crippen LogP contribution in [-0.2, 0) is 9.59 Å². The number of carbonyl (C=O) groups is 3. The van der Waals surface area contributed by atoms with Crippen LogP contribution in [0.3, 0.4) is 0 Å². The smallest absolute Gasteiger partial charge is 0.543 e. The third kappa shape index (κ3) is 3.79. The van der Waals surface area contributed by atoms with Crippen LogP contribution in [0.2, 0.25) is 0 Å². The first-order valence-electron chi connectivity index (χ1n) is 9.17. The van der Waals surface area contributed by atoms with Gasteiger partial charge in [-0.3, -0.25) is 14.6 Å². The van der Waals surface area contributed by atoms with Crippen molar-refractivity contribution in [2.45, 2.75) is 25.5 Å². The number of hydrogen-bond donors (Lipinski definition) is 2. The molecule has 2 amide bonds. The number of carbonyl (C=O) groups excluding carboxylic acids is 3. The van der Waals surface area contributed by atoms with Gasteiger partial charge in [-0.05, 0) is 48.7 Å². The molecule has 30 heavy (non-hydrogen) atoms. The van der Waals surface area contributed by atoms with Crippen LogP contribution in [0.4, 0.5) is 5.69 Å². The Morgan fingerprint density at radius 3 is 2.50 bits per heavy atom. The molecule has 1 aromatic heterocycles. The third-order valence-electron chi connectivity index (χ3n) is 5.31. The molecular weight excluding hydrogens is 397 g/mol. The van der Waals surface area contributed by atoms with E-state index in [1.54, 1.807) is 42.5 Å². The van der Waals surface area contributed by atoms with Crippen LogP contribution in [0, 0.1) is 5.92 Å². The maximum Gasteiger partial charge on any atom is 1.00 e.